The molecule has 1 N–H and O–H groups in total. The minimum absolute atomic E-state index is 0.305. The van der Waals surface area contributed by atoms with Gasteiger partial charge in [-0.15, -0.1) is 0 Å². The Hall–Kier alpha value is -2.04. The highest BCUT2D eigenvalue weighted by atomic mass is 19.1. The van der Waals surface area contributed by atoms with Crippen molar-refractivity contribution in [3.8, 4) is 11.4 Å². The lowest BCUT2D eigenvalue weighted by molar-refractivity contribution is 0.432. The van der Waals surface area contributed by atoms with Crippen molar-refractivity contribution >= 4 is 0 Å². The SMILES string of the molecule is O=c1occn1-c1ccc(O)c(F)c1. The van der Waals surface area contributed by atoms with E-state index in [1.807, 2.05) is 0 Å². The Morgan fingerprint density at radius 2 is 2.21 bits per heavy atom. The van der Waals surface area contributed by atoms with Gasteiger partial charge in [0.15, 0.2) is 11.6 Å². The Labute approximate surface area is 77.8 Å². The fourth-order valence-corrected chi connectivity index (χ4v) is 1.10. The van der Waals surface area contributed by atoms with Crippen molar-refractivity contribution in [1.82, 2.24) is 4.57 Å². The Balaban J connectivity index is 2.59. The molecule has 0 spiro atoms. The highest BCUT2D eigenvalue weighted by molar-refractivity contribution is 5.37. The third-order valence-corrected chi connectivity index (χ3v) is 1.78. The molecule has 0 atom stereocenters. The summed E-state index contributed by atoms with van der Waals surface area (Å²) in [5.74, 6) is -1.84. The lowest BCUT2D eigenvalue weighted by Gasteiger charge is -2.00. The zero-order valence-corrected chi connectivity index (χ0v) is 6.98. The van der Waals surface area contributed by atoms with Gasteiger partial charge in [-0.3, -0.25) is 0 Å². The third kappa shape index (κ3) is 1.28. The number of aromatic hydroxyl groups is 1. The van der Waals surface area contributed by atoms with E-state index < -0.39 is 17.3 Å². The molecular formula is C9H6FNO3. The Morgan fingerprint density at radius 3 is 2.79 bits per heavy atom. The van der Waals surface area contributed by atoms with Gasteiger partial charge in [-0.1, -0.05) is 0 Å². The van der Waals surface area contributed by atoms with Gasteiger partial charge in [0, 0.05) is 6.07 Å². The number of phenols is 1. The summed E-state index contributed by atoms with van der Waals surface area (Å²) in [5.41, 5.74) is 0.305. The molecule has 0 amide bonds. The van der Waals surface area contributed by atoms with Crippen LogP contribution in [0.3, 0.4) is 0 Å². The van der Waals surface area contributed by atoms with E-state index in [-0.39, 0.29) is 0 Å². The van der Waals surface area contributed by atoms with Crippen LogP contribution in [0.25, 0.3) is 5.69 Å². The van der Waals surface area contributed by atoms with E-state index in [0.29, 0.717) is 5.69 Å². The quantitative estimate of drug-likeness (QED) is 0.745. The number of nitrogens with zero attached hydrogens (tertiary/aromatic N) is 1. The molecular weight excluding hydrogens is 189 g/mol. The van der Waals surface area contributed by atoms with E-state index >= 15 is 0 Å². The van der Waals surface area contributed by atoms with Gasteiger partial charge in [0.2, 0.25) is 0 Å². The van der Waals surface area contributed by atoms with E-state index in [4.69, 9.17) is 5.11 Å². The fraction of sp³-hybridized carbons (Fsp3) is 0. The van der Waals surface area contributed by atoms with Crippen molar-refractivity contribution in [2.75, 3.05) is 0 Å². The second kappa shape index (κ2) is 3.02. The van der Waals surface area contributed by atoms with Gasteiger partial charge >= 0.3 is 5.76 Å². The minimum atomic E-state index is -0.782. The highest BCUT2D eigenvalue weighted by Crippen LogP contribution is 2.17. The first kappa shape index (κ1) is 8.55. The molecule has 0 aliphatic heterocycles. The van der Waals surface area contributed by atoms with Crippen molar-refractivity contribution < 1.29 is 13.9 Å². The predicted octanol–water partition coefficient (Wildman–Crippen LogP) is 1.28. The van der Waals surface area contributed by atoms with Crippen molar-refractivity contribution in [2.24, 2.45) is 0 Å². The van der Waals surface area contributed by atoms with Gasteiger partial charge in [0.25, 0.3) is 0 Å². The standard InChI is InChI=1S/C9H6FNO3/c10-7-5-6(1-2-8(7)12)11-3-4-14-9(11)13/h1-5,12H. The molecule has 0 saturated heterocycles. The van der Waals surface area contributed by atoms with Crippen LogP contribution >= 0.6 is 0 Å². The molecule has 72 valence electrons. The summed E-state index contributed by atoms with van der Waals surface area (Å²) in [6.45, 7) is 0. The first-order valence-corrected chi connectivity index (χ1v) is 3.83. The number of rotatable bonds is 1. The third-order valence-electron chi connectivity index (χ3n) is 1.78. The molecule has 4 nitrogen and oxygen atoms in total. The molecule has 1 aromatic heterocycles. The summed E-state index contributed by atoms with van der Waals surface area (Å²) in [6.07, 6.45) is 2.57. The van der Waals surface area contributed by atoms with E-state index in [0.717, 1.165) is 10.6 Å². The summed E-state index contributed by atoms with van der Waals surface area (Å²) >= 11 is 0. The number of hydrogen-bond donors (Lipinski definition) is 1. The molecule has 1 heterocycles. The van der Waals surface area contributed by atoms with Crippen LogP contribution in [-0.2, 0) is 0 Å². The Kier molecular flexibility index (Phi) is 1.85. The van der Waals surface area contributed by atoms with Gasteiger partial charge in [0.05, 0.1) is 11.9 Å². The summed E-state index contributed by atoms with van der Waals surface area (Å²) in [5, 5.41) is 8.92. The smallest absolute Gasteiger partial charge is 0.423 e. The van der Waals surface area contributed by atoms with Crippen molar-refractivity contribution in [3.05, 3.63) is 47.0 Å². The topological polar surface area (TPSA) is 55.4 Å². The average Bonchev–Trinajstić information content (AvgIpc) is 2.57. The zero-order chi connectivity index (χ0) is 10.1. The molecule has 0 fully saturated rings. The minimum Gasteiger partial charge on any atom is -0.505 e. The summed E-state index contributed by atoms with van der Waals surface area (Å²) in [6, 6.07) is 3.63. The largest absolute Gasteiger partial charge is 0.505 e. The van der Waals surface area contributed by atoms with Crippen LogP contribution in [0, 0.1) is 5.82 Å². The molecule has 0 aliphatic rings. The van der Waals surface area contributed by atoms with E-state index in [1.165, 1.54) is 24.6 Å². The lowest BCUT2D eigenvalue weighted by Crippen LogP contribution is -2.10. The van der Waals surface area contributed by atoms with E-state index in [2.05, 4.69) is 4.42 Å². The molecule has 5 heteroatoms. The van der Waals surface area contributed by atoms with Crippen molar-refractivity contribution in [1.29, 1.82) is 0 Å². The number of benzene rings is 1. The van der Waals surface area contributed by atoms with Gasteiger partial charge < -0.3 is 9.52 Å². The van der Waals surface area contributed by atoms with E-state index in [1.54, 1.807) is 0 Å². The van der Waals surface area contributed by atoms with Gasteiger partial charge in [0.1, 0.15) is 6.26 Å². The second-order valence-corrected chi connectivity index (χ2v) is 2.67. The maximum atomic E-state index is 12.9. The number of phenolic OH excluding ortho intramolecular Hbond substituents is 1. The van der Waals surface area contributed by atoms with Crippen LogP contribution in [0.1, 0.15) is 0 Å². The van der Waals surface area contributed by atoms with Crippen molar-refractivity contribution in [3.63, 3.8) is 0 Å². The number of oxazole rings is 1. The Bertz CT molecular complexity index is 515. The van der Waals surface area contributed by atoms with Gasteiger partial charge in [-0.25, -0.2) is 13.8 Å². The van der Waals surface area contributed by atoms with Crippen LogP contribution < -0.4 is 5.76 Å². The first-order valence-electron chi connectivity index (χ1n) is 3.83. The summed E-state index contributed by atoms with van der Waals surface area (Å²) < 4.78 is 18.5. The highest BCUT2D eigenvalue weighted by Gasteiger charge is 2.05. The lowest BCUT2D eigenvalue weighted by atomic mass is 10.3. The van der Waals surface area contributed by atoms with Crippen LogP contribution in [-0.4, -0.2) is 9.67 Å². The number of halogens is 1. The molecule has 14 heavy (non-hydrogen) atoms. The molecule has 0 radical (unpaired) electrons. The van der Waals surface area contributed by atoms with Crippen LogP contribution in [0.2, 0.25) is 0 Å². The molecule has 2 aromatic rings. The molecule has 1 aromatic carbocycles. The zero-order valence-electron chi connectivity index (χ0n) is 6.98. The number of hydrogen-bond acceptors (Lipinski definition) is 3. The molecule has 0 unspecified atom stereocenters. The van der Waals surface area contributed by atoms with Gasteiger partial charge in [-0.05, 0) is 12.1 Å². The molecule has 2 rings (SSSR count). The second-order valence-electron chi connectivity index (χ2n) is 2.67. The maximum absolute atomic E-state index is 12.9. The normalized spacial score (nSPS) is 10.4. The molecule has 0 saturated carbocycles. The maximum Gasteiger partial charge on any atom is 0.423 e. The van der Waals surface area contributed by atoms with E-state index in [9.17, 15) is 9.18 Å². The first-order chi connectivity index (χ1) is 6.68. The fourth-order valence-electron chi connectivity index (χ4n) is 1.10. The van der Waals surface area contributed by atoms with Gasteiger partial charge in [-0.2, -0.15) is 0 Å². The van der Waals surface area contributed by atoms with Crippen LogP contribution in [0.4, 0.5) is 4.39 Å². The monoisotopic (exact) mass is 195 g/mol. The number of aromatic nitrogens is 1. The average molecular weight is 195 g/mol. The van der Waals surface area contributed by atoms with Crippen LogP contribution in [0.5, 0.6) is 5.75 Å². The van der Waals surface area contributed by atoms with Crippen molar-refractivity contribution in [2.45, 2.75) is 0 Å². The Morgan fingerprint density at radius 1 is 1.43 bits per heavy atom. The molecule has 0 aliphatic carbocycles. The van der Waals surface area contributed by atoms with Crippen LogP contribution in [0.15, 0.2) is 39.9 Å². The predicted molar refractivity (Wildman–Crippen MR) is 45.9 cm³/mol. The molecule has 0 bridgehead atoms. The summed E-state index contributed by atoms with van der Waals surface area (Å²) in [4.78, 5) is 11.0. The summed E-state index contributed by atoms with van der Waals surface area (Å²) in [7, 11) is 0.